The van der Waals surface area contributed by atoms with Crippen LogP contribution in [0, 0.1) is 11.3 Å². The summed E-state index contributed by atoms with van der Waals surface area (Å²) in [6.45, 7) is 1.89. The second kappa shape index (κ2) is 6.30. The maximum atomic E-state index is 12.7. The van der Waals surface area contributed by atoms with Crippen LogP contribution in [-0.2, 0) is 19.9 Å². The van der Waals surface area contributed by atoms with E-state index in [1.807, 2.05) is 24.3 Å². The van der Waals surface area contributed by atoms with Crippen LogP contribution in [0.5, 0.6) is 0 Å². The molecule has 0 atom stereocenters. The Labute approximate surface area is 151 Å². The van der Waals surface area contributed by atoms with Gasteiger partial charge in [-0.25, -0.2) is 0 Å². The predicted molar refractivity (Wildman–Crippen MR) is 93.6 cm³/mol. The van der Waals surface area contributed by atoms with Gasteiger partial charge < -0.3 is 9.80 Å². The molecule has 1 saturated heterocycles. The lowest BCUT2D eigenvalue weighted by atomic mass is 9.87. The summed E-state index contributed by atoms with van der Waals surface area (Å²) in [5, 5.41) is 13.2. The first-order chi connectivity index (χ1) is 12.6. The minimum atomic E-state index is -0.206. The number of fused-ring (bicyclic) bond motifs is 1. The van der Waals surface area contributed by atoms with Gasteiger partial charge in [0.2, 0.25) is 0 Å². The molecule has 1 fully saturated rings. The molecule has 0 spiro atoms. The first-order valence-electron chi connectivity index (χ1n) is 8.71. The Bertz CT molecular complexity index is 932. The number of piperazine rings is 1. The molecule has 1 aliphatic carbocycles. The Morgan fingerprint density at radius 2 is 1.69 bits per heavy atom. The van der Waals surface area contributed by atoms with Crippen LogP contribution in [0.3, 0.4) is 0 Å². The van der Waals surface area contributed by atoms with E-state index in [-0.39, 0.29) is 17.5 Å². The molecule has 0 radical (unpaired) electrons. The van der Waals surface area contributed by atoms with Crippen LogP contribution in [0.1, 0.15) is 37.5 Å². The number of benzene rings is 1. The SMILES string of the molecule is Cn1ncc(C(=O)N2CCN(C(=O)c3ccc4c(c3)CC4)CC2)c1C#N. The topological polar surface area (TPSA) is 82.2 Å². The van der Waals surface area contributed by atoms with Crippen molar-refractivity contribution < 1.29 is 9.59 Å². The monoisotopic (exact) mass is 349 g/mol. The first-order valence-corrected chi connectivity index (χ1v) is 8.71. The van der Waals surface area contributed by atoms with Crippen molar-refractivity contribution in [1.29, 1.82) is 5.26 Å². The maximum Gasteiger partial charge on any atom is 0.258 e. The largest absolute Gasteiger partial charge is 0.335 e. The number of carbonyl (C=O) groups is 2. The second-order valence-corrected chi connectivity index (χ2v) is 6.71. The van der Waals surface area contributed by atoms with Crippen molar-refractivity contribution in [2.75, 3.05) is 26.2 Å². The molecule has 132 valence electrons. The lowest BCUT2D eigenvalue weighted by molar-refractivity contribution is 0.0535. The van der Waals surface area contributed by atoms with Gasteiger partial charge >= 0.3 is 0 Å². The molecule has 0 unspecified atom stereocenters. The third-order valence-corrected chi connectivity index (χ3v) is 5.25. The van der Waals surface area contributed by atoms with Crippen molar-refractivity contribution in [1.82, 2.24) is 19.6 Å². The number of amides is 2. The van der Waals surface area contributed by atoms with E-state index in [0.717, 1.165) is 18.4 Å². The van der Waals surface area contributed by atoms with Crippen molar-refractivity contribution in [2.45, 2.75) is 12.8 Å². The molecule has 1 aromatic heterocycles. The van der Waals surface area contributed by atoms with Gasteiger partial charge in [0.05, 0.1) is 11.8 Å². The zero-order chi connectivity index (χ0) is 18.3. The first kappa shape index (κ1) is 16.3. The van der Waals surface area contributed by atoms with Crippen molar-refractivity contribution in [3.8, 4) is 6.07 Å². The van der Waals surface area contributed by atoms with Crippen molar-refractivity contribution in [3.05, 3.63) is 52.3 Å². The van der Waals surface area contributed by atoms with Crippen LogP contribution >= 0.6 is 0 Å². The quantitative estimate of drug-likeness (QED) is 0.809. The van der Waals surface area contributed by atoms with E-state index in [1.54, 1.807) is 16.8 Å². The number of hydrogen-bond donors (Lipinski definition) is 0. The van der Waals surface area contributed by atoms with Gasteiger partial charge in [0.25, 0.3) is 11.8 Å². The molecule has 0 saturated carbocycles. The minimum Gasteiger partial charge on any atom is -0.335 e. The van der Waals surface area contributed by atoms with E-state index in [9.17, 15) is 14.9 Å². The fourth-order valence-corrected chi connectivity index (χ4v) is 3.52. The lowest BCUT2D eigenvalue weighted by Crippen LogP contribution is -2.50. The molecule has 2 heterocycles. The molecule has 7 heteroatoms. The van der Waals surface area contributed by atoms with Gasteiger partial charge in [0.15, 0.2) is 5.69 Å². The predicted octanol–water partition coefficient (Wildman–Crippen LogP) is 0.989. The number of rotatable bonds is 2. The Balaban J connectivity index is 1.42. The van der Waals surface area contributed by atoms with Crippen LogP contribution in [0.2, 0.25) is 0 Å². The van der Waals surface area contributed by atoms with E-state index in [1.165, 1.54) is 22.0 Å². The Morgan fingerprint density at radius 3 is 2.27 bits per heavy atom. The van der Waals surface area contributed by atoms with Gasteiger partial charge in [-0.2, -0.15) is 10.4 Å². The Kier molecular flexibility index (Phi) is 3.96. The zero-order valence-electron chi connectivity index (χ0n) is 14.6. The lowest BCUT2D eigenvalue weighted by Gasteiger charge is -2.35. The van der Waals surface area contributed by atoms with Gasteiger partial charge in [0, 0.05) is 38.8 Å². The molecule has 0 N–H and O–H groups in total. The van der Waals surface area contributed by atoms with E-state index < -0.39 is 0 Å². The standard InChI is InChI=1S/C19H19N5O2/c1-22-17(11-20)16(12-21-22)19(26)24-8-6-23(7-9-24)18(25)15-5-3-13-2-4-14(13)10-15/h3,5,10,12H,2,4,6-9H2,1H3. The number of nitrogens with zero attached hydrogens (tertiary/aromatic N) is 5. The summed E-state index contributed by atoms with van der Waals surface area (Å²) in [4.78, 5) is 28.8. The highest BCUT2D eigenvalue weighted by atomic mass is 16.2. The molecule has 7 nitrogen and oxygen atoms in total. The molecule has 2 aromatic rings. The van der Waals surface area contributed by atoms with Crippen LogP contribution < -0.4 is 0 Å². The van der Waals surface area contributed by atoms with Crippen LogP contribution in [0.25, 0.3) is 0 Å². The number of aryl methyl sites for hydroxylation is 3. The molecule has 2 amide bonds. The van der Waals surface area contributed by atoms with Gasteiger partial charge in [-0.15, -0.1) is 0 Å². The summed E-state index contributed by atoms with van der Waals surface area (Å²) < 4.78 is 1.40. The zero-order valence-corrected chi connectivity index (χ0v) is 14.6. The molecule has 2 aliphatic rings. The van der Waals surface area contributed by atoms with Crippen LogP contribution in [0.15, 0.2) is 24.4 Å². The average Bonchev–Trinajstić information content (AvgIpc) is 3.02. The molecule has 0 bridgehead atoms. The average molecular weight is 349 g/mol. The number of hydrogen-bond acceptors (Lipinski definition) is 4. The normalized spacial score (nSPS) is 15.8. The van der Waals surface area contributed by atoms with Gasteiger partial charge in [0.1, 0.15) is 6.07 Å². The van der Waals surface area contributed by atoms with E-state index in [2.05, 4.69) is 5.10 Å². The number of aromatic nitrogens is 2. The molecular weight excluding hydrogens is 330 g/mol. The summed E-state index contributed by atoms with van der Waals surface area (Å²) in [5.74, 6) is -0.186. The number of nitriles is 1. The van der Waals surface area contributed by atoms with E-state index >= 15 is 0 Å². The molecule has 4 rings (SSSR count). The van der Waals surface area contributed by atoms with E-state index in [0.29, 0.717) is 31.7 Å². The summed E-state index contributed by atoms with van der Waals surface area (Å²) >= 11 is 0. The number of carbonyl (C=O) groups excluding carboxylic acids is 2. The summed E-state index contributed by atoms with van der Waals surface area (Å²) in [6.07, 6.45) is 3.58. The van der Waals surface area contributed by atoms with E-state index in [4.69, 9.17) is 0 Å². The van der Waals surface area contributed by atoms with Gasteiger partial charge in [-0.3, -0.25) is 14.3 Å². The van der Waals surface area contributed by atoms with Gasteiger partial charge in [-0.1, -0.05) is 6.07 Å². The maximum absolute atomic E-state index is 12.7. The van der Waals surface area contributed by atoms with Crippen LogP contribution in [-0.4, -0.2) is 57.6 Å². The molecule has 1 aliphatic heterocycles. The molecule has 1 aromatic carbocycles. The van der Waals surface area contributed by atoms with Gasteiger partial charge in [-0.05, 0) is 36.1 Å². The second-order valence-electron chi connectivity index (χ2n) is 6.71. The highest BCUT2D eigenvalue weighted by molar-refractivity contribution is 5.97. The third kappa shape index (κ3) is 2.64. The molecule has 26 heavy (non-hydrogen) atoms. The van der Waals surface area contributed by atoms with Crippen molar-refractivity contribution in [2.24, 2.45) is 7.05 Å². The van der Waals surface area contributed by atoms with Crippen molar-refractivity contribution in [3.63, 3.8) is 0 Å². The smallest absolute Gasteiger partial charge is 0.258 e. The summed E-state index contributed by atoms with van der Waals surface area (Å²) in [7, 11) is 1.64. The summed E-state index contributed by atoms with van der Waals surface area (Å²) in [5.41, 5.74) is 3.90. The highest BCUT2D eigenvalue weighted by Crippen LogP contribution is 2.24. The highest BCUT2D eigenvalue weighted by Gasteiger charge is 2.28. The Morgan fingerprint density at radius 1 is 1.04 bits per heavy atom. The van der Waals surface area contributed by atoms with Crippen LogP contribution in [0.4, 0.5) is 0 Å². The fourth-order valence-electron chi connectivity index (χ4n) is 3.52. The third-order valence-electron chi connectivity index (χ3n) is 5.25. The van der Waals surface area contributed by atoms with Crippen molar-refractivity contribution >= 4 is 11.8 Å². The minimum absolute atomic E-state index is 0.0193. The Hall–Kier alpha value is -3.14. The fraction of sp³-hybridized carbons (Fsp3) is 0.368. The summed E-state index contributed by atoms with van der Waals surface area (Å²) in [6, 6.07) is 7.94. The molecular formula is C19H19N5O2.